The average molecular weight is 283 g/mol. The summed E-state index contributed by atoms with van der Waals surface area (Å²) in [5, 5.41) is 12.2. The topological polar surface area (TPSA) is 94.1 Å². The largest absolute Gasteiger partial charge is 0.444 e. The number of hydrogen-bond donors (Lipinski definition) is 2. The molecule has 0 rings (SSSR count). The van der Waals surface area contributed by atoms with Crippen molar-refractivity contribution in [3.63, 3.8) is 0 Å². The van der Waals surface area contributed by atoms with Gasteiger partial charge in [-0.25, -0.2) is 4.79 Å². The third kappa shape index (κ3) is 5.35. The number of amides is 1. The highest BCUT2D eigenvalue weighted by molar-refractivity contribution is 7.54. The Balaban J connectivity index is 4.54. The van der Waals surface area contributed by atoms with Crippen LogP contribution in [0.5, 0.6) is 0 Å². The van der Waals surface area contributed by atoms with E-state index < -0.39 is 31.2 Å². The van der Waals surface area contributed by atoms with Crippen LogP contribution in [0.3, 0.4) is 0 Å². The molecule has 7 nitrogen and oxygen atoms in total. The third-order valence-corrected chi connectivity index (χ3v) is 4.14. The number of aliphatic hydroxyl groups is 1. The maximum atomic E-state index is 11.9. The predicted octanol–water partition coefficient (Wildman–Crippen LogP) is 1.70. The quantitative estimate of drug-likeness (QED) is 0.746. The van der Waals surface area contributed by atoms with E-state index in [9.17, 15) is 14.5 Å². The first-order valence-electron chi connectivity index (χ1n) is 5.44. The molecular formula is C10H22NO6P. The molecule has 0 aromatic rings. The lowest BCUT2D eigenvalue weighted by atomic mass is 10.2. The van der Waals surface area contributed by atoms with E-state index in [1.165, 1.54) is 6.92 Å². The molecule has 8 heteroatoms. The Morgan fingerprint density at radius 2 is 1.72 bits per heavy atom. The van der Waals surface area contributed by atoms with Crippen LogP contribution < -0.4 is 5.32 Å². The molecule has 2 N–H and O–H groups in total. The highest BCUT2D eigenvalue weighted by Crippen LogP contribution is 2.51. The first-order valence-corrected chi connectivity index (χ1v) is 7.05. The standard InChI is InChI=1S/C10H22NO6P/c1-7(8(12)18(14,15-5)16-6)11-9(13)17-10(2,3)4/h7-8,12H,1-6H3,(H,11,13)/t7-,8+/m0/s1. The highest BCUT2D eigenvalue weighted by Gasteiger charge is 2.37. The monoisotopic (exact) mass is 283 g/mol. The number of hydrogen-bond acceptors (Lipinski definition) is 6. The molecule has 0 saturated carbocycles. The van der Waals surface area contributed by atoms with Gasteiger partial charge in [-0.1, -0.05) is 0 Å². The Morgan fingerprint density at radius 1 is 1.28 bits per heavy atom. The summed E-state index contributed by atoms with van der Waals surface area (Å²) in [6, 6.07) is -0.842. The number of aliphatic hydroxyl groups excluding tert-OH is 1. The molecule has 0 radical (unpaired) electrons. The second-order valence-electron chi connectivity index (χ2n) is 4.75. The second-order valence-corrected chi connectivity index (χ2v) is 7.09. The van der Waals surface area contributed by atoms with Crippen molar-refractivity contribution < 1.29 is 28.3 Å². The van der Waals surface area contributed by atoms with Crippen LogP contribution >= 0.6 is 7.60 Å². The van der Waals surface area contributed by atoms with Crippen molar-refractivity contribution in [2.45, 2.75) is 45.2 Å². The van der Waals surface area contributed by atoms with Crippen molar-refractivity contribution in [1.82, 2.24) is 5.32 Å². The van der Waals surface area contributed by atoms with Gasteiger partial charge in [-0.3, -0.25) is 4.57 Å². The van der Waals surface area contributed by atoms with Gasteiger partial charge in [0.05, 0.1) is 6.04 Å². The smallest absolute Gasteiger partial charge is 0.407 e. The van der Waals surface area contributed by atoms with Gasteiger partial charge in [0.1, 0.15) is 5.60 Å². The molecule has 0 aromatic heterocycles. The Morgan fingerprint density at radius 3 is 2.06 bits per heavy atom. The summed E-state index contributed by atoms with van der Waals surface area (Å²) in [6.45, 7) is 6.61. The number of rotatable bonds is 5. The lowest BCUT2D eigenvalue weighted by Gasteiger charge is -2.27. The summed E-state index contributed by atoms with van der Waals surface area (Å²) in [6.07, 6.45) is -0.715. The summed E-state index contributed by atoms with van der Waals surface area (Å²) in [5.74, 6) is -1.47. The first-order chi connectivity index (χ1) is 8.05. The molecule has 0 aliphatic rings. The molecule has 0 bridgehead atoms. The van der Waals surface area contributed by atoms with Crippen LogP contribution in [0.1, 0.15) is 27.7 Å². The van der Waals surface area contributed by atoms with Crippen molar-refractivity contribution in [2.75, 3.05) is 14.2 Å². The molecule has 0 heterocycles. The summed E-state index contributed by atoms with van der Waals surface area (Å²) in [7, 11) is -1.33. The Hall–Kier alpha value is -0.620. The predicted molar refractivity (Wildman–Crippen MR) is 66.5 cm³/mol. The van der Waals surface area contributed by atoms with E-state index >= 15 is 0 Å². The molecule has 108 valence electrons. The summed E-state index contributed by atoms with van der Waals surface area (Å²) in [4.78, 5) is 11.5. The fourth-order valence-corrected chi connectivity index (χ4v) is 2.34. The van der Waals surface area contributed by atoms with Gasteiger partial charge in [0.2, 0.25) is 0 Å². The average Bonchev–Trinajstić information content (AvgIpc) is 2.24. The van der Waals surface area contributed by atoms with Crippen molar-refractivity contribution in [2.24, 2.45) is 0 Å². The SMILES string of the molecule is COP(=O)(OC)[C@@H](O)[C@H](C)NC(=O)OC(C)(C)C. The van der Waals surface area contributed by atoms with Gasteiger partial charge in [-0.05, 0) is 27.7 Å². The molecule has 2 atom stereocenters. The molecule has 0 aliphatic carbocycles. The first kappa shape index (κ1) is 17.4. The summed E-state index contributed by atoms with van der Waals surface area (Å²) < 4.78 is 26.2. The molecule has 0 aromatic carbocycles. The zero-order valence-electron chi connectivity index (χ0n) is 11.6. The zero-order valence-corrected chi connectivity index (χ0v) is 12.5. The van der Waals surface area contributed by atoms with E-state index in [4.69, 9.17) is 4.74 Å². The fraction of sp³-hybridized carbons (Fsp3) is 0.900. The van der Waals surface area contributed by atoms with E-state index in [1.807, 2.05) is 0 Å². The fourth-order valence-electron chi connectivity index (χ4n) is 1.13. The van der Waals surface area contributed by atoms with Crippen LogP contribution in [-0.2, 0) is 18.3 Å². The van der Waals surface area contributed by atoms with Crippen LogP contribution in [0.4, 0.5) is 4.79 Å². The normalized spacial score (nSPS) is 15.9. The van der Waals surface area contributed by atoms with Crippen LogP contribution in [-0.4, -0.2) is 42.9 Å². The highest BCUT2D eigenvalue weighted by atomic mass is 31.2. The zero-order chi connectivity index (χ0) is 14.6. The summed E-state index contributed by atoms with van der Waals surface area (Å²) >= 11 is 0. The minimum absolute atomic E-state index is 0.652. The number of nitrogens with one attached hydrogen (secondary N) is 1. The number of ether oxygens (including phenoxy) is 1. The van der Waals surface area contributed by atoms with E-state index in [1.54, 1.807) is 20.8 Å². The van der Waals surface area contributed by atoms with Crippen molar-refractivity contribution in [1.29, 1.82) is 0 Å². The summed E-state index contributed by atoms with van der Waals surface area (Å²) in [5.41, 5.74) is -0.652. The van der Waals surface area contributed by atoms with Gasteiger partial charge in [-0.2, -0.15) is 0 Å². The minimum Gasteiger partial charge on any atom is -0.444 e. The van der Waals surface area contributed by atoms with E-state index in [2.05, 4.69) is 14.4 Å². The van der Waals surface area contributed by atoms with Gasteiger partial charge in [0, 0.05) is 14.2 Å². The van der Waals surface area contributed by atoms with E-state index in [0.29, 0.717) is 0 Å². The molecule has 0 unspecified atom stereocenters. The van der Waals surface area contributed by atoms with Gasteiger partial charge in [-0.15, -0.1) is 0 Å². The maximum absolute atomic E-state index is 11.9. The van der Waals surface area contributed by atoms with Gasteiger partial charge in [0.25, 0.3) is 0 Å². The maximum Gasteiger partial charge on any atom is 0.407 e. The van der Waals surface area contributed by atoms with Crippen LogP contribution in [0.15, 0.2) is 0 Å². The lowest BCUT2D eigenvalue weighted by Crippen LogP contribution is -2.43. The minimum atomic E-state index is -3.65. The van der Waals surface area contributed by atoms with E-state index in [-0.39, 0.29) is 0 Å². The Labute approximate surface area is 107 Å². The molecule has 0 spiro atoms. The molecule has 0 saturated heterocycles. The van der Waals surface area contributed by atoms with Gasteiger partial charge in [0.15, 0.2) is 5.85 Å². The molecular weight excluding hydrogens is 261 g/mol. The second kappa shape index (κ2) is 6.52. The van der Waals surface area contributed by atoms with E-state index in [0.717, 1.165) is 14.2 Å². The Bertz CT molecular complexity index is 319. The molecule has 0 aliphatic heterocycles. The van der Waals surface area contributed by atoms with Gasteiger partial charge < -0.3 is 24.2 Å². The third-order valence-electron chi connectivity index (χ3n) is 2.02. The van der Waals surface area contributed by atoms with Crippen molar-refractivity contribution >= 4 is 13.7 Å². The lowest BCUT2D eigenvalue weighted by molar-refractivity contribution is 0.0464. The molecule has 0 fully saturated rings. The number of alkyl carbamates (subject to hydrolysis) is 1. The molecule has 18 heavy (non-hydrogen) atoms. The van der Waals surface area contributed by atoms with Crippen LogP contribution in [0, 0.1) is 0 Å². The Kier molecular flexibility index (Phi) is 6.29. The molecule has 1 amide bonds. The van der Waals surface area contributed by atoms with Crippen molar-refractivity contribution in [3.05, 3.63) is 0 Å². The van der Waals surface area contributed by atoms with Gasteiger partial charge >= 0.3 is 13.7 Å². The van der Waals surface area contributed by atoms with Crippen LogP contribution in [0.25, 0.3) is 0 Å². The van der Waals surface area contributed by atoms with Crippen LogP contribution in [0.2, 0.25) is 0 Å². The number of carbonyl (C=O) groups is 1. The number of carbonyl (C=O) groups excluding carboxylic acids is 1. The van der Waals surface area contributed by atoms with Crippen molar-refractivity contribution in [3.8, 4) is 0 Å².